The van der Waals surface area contributed by atoms with Crippen LogP contribution in [-0.4, -0.2) is 14.3 Å². The molecule has 2 aliphatic rings. The molecule has 0 spiro atoms. The van der Waals surface area contributed by atoms with Crippen molar-refractivity contribution in [3.05, 3.63) is 53.5 Å². The summed E-state index contributed by atoms with van der Waals surface area (Å²) in [5.74, 6) is 0.403. The Morgan fingerprint density at radius 1 is 1.16 bits per heavy atom. The standard InChI is InChI=1S/C18H18N2O4S/c21-18-17(12-4-1-2-5-12)15-10-14(7-8-16(15)20-18)25(22,23)19-11-13-6-3-9-24-13/h3,6-10,19H,1-2,4-5,11H2,(H,20,21). The van der Waals surface area contributed by atoms with Crippen LogP contribution in [0.4, 0.5) is 5.69 Å². The van der Waals surface area contributed by atoms with Crippen LogP contribution in [0, 0.1) is 0 Å². The first-order valence-electron chi connectivity index (χ1n) is 8.24. The summed E-state index contributed by atoms with van der Waals surface area (Å²) in [5, 5.41) is 2.83. The van der Waals surface area contributed by atoms with Crippen LogP contribution in [-0.2, 0) is 21.4 Å². The average molecular weight is 358 g/mol. The topological polar surface area (TPSA) is 88.4 Å². The number of nitrogens with one attached hydrogen (secondary N) is 2. The molecule has 2 N–H and O–H groups in total. The van der Waals surface area contributed by atoms with Gasteiger partial charge in [-0.3, -0.25) is 4.79 Å². The van der Waals surface area contributed by atoms with Gasteiger partial charge in [-0.05, 0) is 56.0 Å². The lowest BCUT2D eigenvalue weighted by Gasteiger charge is -2.08. The molecule has 1 fully saturated rings. The summed E-state index contributed by atoms with van der Waals surface area (Å²) in [7, 11) is -3.69. The predicted molar refractivity (Wildman–Crippen MR) is 93.2 cm³/mol. The van der Waals surface area contributed by atoms with E-state index in [2.05, 4.69) is 10.0 Å². The molecule has 1 saturated carbocycles. The molecule has 0 atom stereocenters. The van der Waals surface area contributed by atoms with Gasteiger partial charge in [0.1, 0.15) is 5.76 Å². The number of rotatable bonds is 4. The van der Waals surface area contributed by atoms with Gasteiger partial charge in [0.25, 0.3) is 5.91 Å². The second-order valence-electron chi connectivity index (χ2n) is 6.25. The largest absolute Gasteiger partial charge is 0.468 e. The highest BCUT2D eigenvalue weighted by atomic mass is 32.2. The second kappa shape index (κ2) is 6.16. The maximum atomic E-state index is 12.6. The Kier molecular flexibility index (Phi) is 3.97. The van der Waals surface area contributed by atoms with Crippen molar-refractivity contribution in [2.24, 2.45) is 0 Å². The van der Waals surface area contributed by atoms with Gasteiger partial charge in [-0.1, -0.05) is 5.57 Å². The van der Waals surface area contributed by atoms with E-state index in [1.165, 1.54) is 12.3 Å². The number of carbonyl (C=O) groups is 1. The second-order valence-corrected chi connectivity index (χ2v) is 8.02. The van der Waals surface area contributed by atoms with Gasteiger partial charge in [0, 0.05) is 16.8 Å². The molecule has 6 nitrogen and oxygen atoms in total. The highest BCUT2D eigenvalue weighted by molar-refractivity contribution is 7.89. The number of fused-ring (bicyclic) bond motifs is 1. The third-order valence-electron chi connectivity index (χ3n) is 4.62. The van der Waals surface area contributed by atoms with Crippen LogP contribution < -0.4 is 10.0 Å². The first-order chi connectivity index (χ1) is 12.0. The smallest absolute Gasteiger partial charge is 0.256 e. The van der Waals surface area contributed by atoms with Gasteiger partial charge in [-0.25, -0.2) is 13.1 Å². The third-order valence-corrected chi connectivity index (χ3v) is 6.02. The molecule has 1 amide bonds. The van der Waals surface area contributed by atoms with E-state index in [-0.39, 0.29) is 17.3 Å². The van der Waals surface area contributed by atoms with Gasteiger partial charge in [-0.15, -0.1) is 0 Å². The van der Waals surface area contributed by atoms with E-state index in [0.29, 0.717) is 22.6 Å². The number of sulfonamides is 1. The zero-order valence-electron chi connectivity index (χ0n) is 13.5. The monoisotopic (exact) mass is 358 g/mol. The van der Waals surface area contributed by atoms with E-state index in [4.69, 9.17) is 4.42 Å². The summed E-state index contributed by atoms with van der Waals surface area (Å²) in [4.78, 5) is 12.5. The van der Waals surface area contributed by atoms with Crippen molar-refractivity contribution in [3.8, 4) is 0 Å². The number of furan rings is 1. The zero-order valence-corrected chi connectivity index (χ0v) is 14.4. The zero-order chi connectivity index (χ0) is 17.4. The quantitative estimate of drug-likeness (QED) is 0.822. The molecule has 2 aromatic rings. The van der Waals surface area contributed by atoms with Crippen LogP contribution in [0.25, 0.3) is 5.57 Å². The highest BCUT2D eigenvalue weighted by Gasteiger charge is 2.30. The average Bonchev–Trinajstić information content (AvgIpc) is 3.32. The number of hydrogen-bond donors (Lipinski definition) is 2. The van der Waals surface area contributed by atoms with Crippen molar-refractivity contribution in [2.75, 3.05) is 5.32 Å². The van der Waals surface area contributed by atoms with E-state index in [0.717, 1.165) is 31.3 Å². The van der Waals surface area contributed by atoms with Crippen molar-refractivity contribution < 1.29 is 17.6 Å². The van der Waals surface area contributed by atoms with Gasteiger partial charge in [0.15, 0.2) is 0 Å². The van der Waals surface area contributed by atoms with E-state index >= 15 is 0 Å². The Morgan fingerprint density at radius 3 is 2.68 bits per heavy atom. The van der Waals surface area contributed by atoms with Gasteiger partial charge >= 0.3 is 0 Å². The van der Waals surface area contributed by atoms with Crippen LogP contribution in [0.3, 0.4) is 0 Å². The Labute approximate surface area is 146 Å². The Bertz CT molecular complexity index is 951. The Hall–Kier alpha value is -2.38. The molecule has 25 heavy (non-hydrogen) atoms. The number of benzene rings is 1. The minimum absolute atomic E-state index is 0.0809. The minimum atomic E-state index is -3.69. The Balaban J connectivity index is 1.67. The fourth-order valence-electron chi connectivity index (χ4n) is 3.38. The molecule has 1 aromatic heterocycles. The molecule has 0 unspecified atom stereocenters. The molecule has 7 heteroatoms. The van der Waals surface area contributed by atoms with Crippen molar-refractivity contribution in [1.82, 2.24) is 4.72 Å². The summed E-state index contributed by atoms with van der Waals surface area (Å²) >= 11 is 0. The summed E-state index contributed by atoms with van der Waals surface area (Å²) in [6.45, 7) is 0.0809. The summed E-state index contributed by atoms with van der Waals surface area (Å²) in [5.41, 5.74) is 3.12. The summed E-state index contributed by atoms with van der Waals surface area (Å²) in [6.07, 6.45) is 5.44. The van der Waals surface area contributed by atoms with Crippen molar-refractivity contribution in [1.29, 1.82) is 0 Å². The molecule has 1 aliphatic heterocycles. The van der Waals surface area contributed by atoms with Crippen LogP contribution in [0.15, 0.2) is 51.5 Å². The van der Waals surface area contributed by atoms with E-state index in [1.54, 1.807) is 24.3 Å². The lowest BCUT2D eigenvalue weighted by Crippen LogP contribution is -2.23. The third kappa shape index (κ3) is 3.01. The Morgan fingerprint density at radius 2 is 1.96 bits per heavy atom. The van der Waals surface area contributed by atoms with Crippen LogP contribution in [0.5, 0.6) is 0 Å². The SMILES string of the molecule is O=C1Nc2ccc(S(=O)(=O)NCc3ccco3)cc2C1=C1CCCC1. The molecular weight excluding hydrogens is 340 g/mol. The van der Waals surface area contributed by atoms with Crippen LogP contribution >= 0.6 is 0 Å². The maximum absolute atomic E-state index is 12.6. The molecule has 0 radical (unpaired) electrons. The predicted octanol–water partition coefficient (Wildman–Crippen LogP) is 3.04. The number of allylic oxidation sites excluding steroid dienone is 1. The van der Waals surface area contributed by atoms with Gasteiger partial charge in [0.05, 0.1) is 17.7 Å². The maximum Gasteiger partial charge on any atom is 0.256 e. The molecule has 0 bridgehead atoms. The van der Waals surface area contributed by atoms with Crippen molar-refractivity contribution in [3.63, 3.8) is 0 Å². The molecule has 130 valence electrons. The molecule has 0 saturated heterocycles. The van der Waals surface area contributed by atoms with Crippen molar-refractivity contribution >= 4 is 27.2 Å². The number of carbonyl (C=O) groups excluding carboxylic acids is 1. The normalized spacial score (nSPS) is 17.0. The first-order valence-corrected chi connectivity index (χ1v) is 9.73. The highest BCUT2D eigenvalue weighted by Crippen LogP contribution is 2.40. The molecule has 1 aliphatic carbocycles. The van der Waals surface area contributed by atoms with Gasteiger partial charge < -0.3 is 9.73 Å². The van der Waals surface area contributed by atoms with Crippen molar-refractivity contribution in [2.45, 2.75) is 37.1 Å². The molecule has 1 aromatic carbocycles. The first kappa shape index (κ1) is 16.1. The lowest BCUT2D eigenvalue weighted by molar-refractivity contribution is -0.110. The van der Waals surface area contributed by atoms with Crippen LogP contribution in [0.1, 0.15) is 37.0 Å². The van der Waals surface area contributed by atoms with E-state index in [1.807, 2.05) is 0 Å². The fourth-order valence-corrected chi connectivity index (χ4v) is 4.40. The van der Waals surface area contributed by atoms with E-state index < -0.39 is 10.0 Å². The molecular formula is C18H18N2O4S. The minimum Gasteiger partial charge on any atom is -0.468 e. The number of anilines is 1. The molecule has 2 heterocycles. The summed E-state index contributed by atoms with van der Waals surface area (Å²) in [6, 6.07) is 8.15. The lowest BCUT2D eigenvalue weighted by atomic mass is 10.00. The number of hydrogen-bond acceptors (Lipinski definition) is 4. The van der Waals surface area contributed by atoms with Gasteiger partial charge in [0.2, 0.25) is 10.0 Å². The van der Waals surface area contributed by atoms with Crippen LogP contribution in [0.2, 0.25) is 0 Å². The molecule has 4 rings (SSSR count). The summed E-state index contributed by atoms with van der Waals surface area (Å²) < 4.78 is 32.8. The fraction of sp³-hybridized carbons (Fsp3) is 0.278. The number of amides is 1. The van der Waals surface area contributed by atoms with E-state index in [9.17, 15) is 13.2 Å². The van der Waals surface area contributed by atoms with Gasteiger partial charge in [-0.2, -0.15) is 0 Å².